The number of fused-ring (bicyclic) bond motifs is 1. The van der Waals surface area contributed by atoms with Crippen molar-refractivity contribution < 1.29 is 4.39 Å². The van der Waals surface area contributed by atoms with E-state index in [1.54, 1.807) is 24.7 Å². The van der Waals surface area contributed by atoms with Gasteiger partial charge in [0, 0.05) is 42.3 Å². The third-order valence-corrected chi connectivity index (χ3v) is 5.36. The van der Waals surface area contributed by atoms with Crippen LogP contribution in [0.25, 0.3) is 22.0 Å². The smallest absolute Gasteiger partial charge is 0.139 e. The minimum Gasteiger partial charge on any atom is -0.341 e. The van der Waals surface area contributed by atoms with Crippen LogP contribution in [0, 0.1) is 13.8 Å². The van der Waals surface area contributed by atoms with Gasteiger partial charge in [0.25, 0.3) is 0 Å². The number of rotatable bonds is 5. The molecule has 0 radical (unpaired) electrons. The molecule has 6 heteroatoms. The van der Waals surface area contributed by atoms with E-state index in [1.165, 1.54) is 0 Å². The van der Waals surface area contributed by atoms with E-state index in [0.29, 0.717) is 5.57 Å². The standard InChI is InChI=1S/C24H26FN5/c1-15(2)21(25)14-30-9-7-20-22(30)6-8-26-24(20)28-23-16(3)10-18(11-17(23)4)19-12-27-29(5)13-19/h6-13H,14H2,1-5H3,(H,26,28). The van der Waals surface area contributed by atoms with Crippen molar-refractivity contribution in [2.75, 3.05) is 5.32 Å². The second kappa shape index (κ2) is 7.78. The molecule has 0 atom stereocenters. The van der Waals surface area contributed by atoms with Crippen molar-refractivity contribution in [1.82, 2.24) is 19.3 Å². The van der Waals surface area contributed by atoms with Crippen LogP contribution < -0.4 is 5.32 Å². The molecule has 5 nitrogen and oxygen atoms in total. The van der Waals surface area contributed by atoms with Crippen molar-refractivity contribution in [3.63, 3.8) is 0 Å². The number of nitrogens with one attached hydrogen (secondary N) is 1. The summed E-state index contributed by atoms with van der Waals surface area (Å²) < 4.78 is 17.9. The van der Waals surface area contributed by atoms with Crippen molar-refractivity contribution >= 4 is 22.4 Å². The van der Waals surface area contributed by atoms with E-state index in [2.05, 4.69) is 41.4 Å². The van der Waals surface area contributed by atoms with Crippen LogP contribution in [0.4, 0.5) is 15.9 Å². The summed E-state index contributed by atoms with van der Waals surface area (Å²) in [5, 5.41) is 8.74. The number of allylic oxidation sites excluding steroid dienone is 2. The fourth-order valence-electron chi connectivity index (χ4n) is 3.68. The van der Waals surface area contributed by atoms with Gasteiger partial charge in [-0.3, -0.25) is 4.68 Å². The van der Waals surface area contributed by atoms with Crippen molar-refractivity contribution in [2.45, 2.75) is 34.2 Å². The highest BCUT2D eigenvalue weighted by molar-refractivity contribution is 5.92. The van der Waals surface area contributed by atoms with Crippen molar-refractivity contribution in [3.8, 4) is 11.1 Å². The van der Waals surface area contributed by atoms with Crippen LogP contribution in [0.3, 0.4) is 0 Å². The second-order valence-corrected chi connectivity index (χ2v) is 7.95. The monoisotopic (exact) mass is 403 g/mol. The van der Waals surface area contributed by atoms with E-state index in [4.69, 9.17) is 0 Å². The number of hydrogen-bond acceptors (Lipinski definition) is 3. The SMILES string of the molecule is CC(C)=C(F)Cn1ccc2c(Nc3c(C)cc(-c4cnn(C)c4)cc3C)nccc21. The lowest BCUT2D eigenvalue weighted by Gasteiger charge is -2.15. The normalized spacial score (nSPS) is 11.1. The summed E-state index contributed by atoms with van der Waals surface area (Å²) in [7, 11) is 1.92. The lowest BCUT2D eigenvalue weighted by molar-refractivity contribution is 0.552. The average molecular weight is 404 g/mol. The van der Waals surface area contributed by atoms with Crippen LogP contribution in [0.1, 0.15) is 25.0 Å². The Morgan fingerprint density at radius 1 is 1.10 bits per heavy atom. The summed E-state index contributed by atoms with van der Waals surface area (Å²) in [5.41, 5.74) is 7.17. The Morgan fingerprint density at radius 3 is 2.47 bits per heavy atom. The van der Waals surface area contributed by atoms with Crippen LogP contribution in [0.5, 0.6) is 0 Å². The second-order valence-electron chi connectivity index (χ2n) is 7.95. The molecule has 0 aliphatic carbocycles. The van der Waals surface area contributed by atoms with Gasteiger partial charge in [0.1, 0.15) is 11.6 Å². The topological polar surface area (TPSA) is 47.7 Å². The lowest BCUT2D eigenvalue weighted by Crippen LogP contribution is -2.01. The first kappa shape index (κ1) is 19.9. The quantitative estimate of drug-likeness (QED) is 0.440. The van der Waals surface area contributed by atoms with Crippen molar-refractivity contribution in [3.05, 3.63) is 71.6 Å². The molecule has 0 aliphatic rings. The molecule has 154 valence electrons. The number of anilines is 2. The molecule has 0 fully saturated rings. The zero-order valence-corrected chi connectivity index (χ0v) is 18.0. The molecular weight excluding hydrogens is 377 g/mol. The third kappa shape index (κ3) is 3.73. The maximum Gasteiger partial charge on any atom is 0.139 e. The van der Waals surface area contributed by atoms with Gasteiger partial charge >= 0.3 is 0 Å². The highest BCUT2D eigenvalue weighted by atomic mass is 19.1. The molecule has 4 rings (SSSR count). The zero-order chi connectivity index (χ0) is 21.4. The summed E-state index contributed by atoms with van der Waals surface area (Å²) >= 11 is 0. The van der Waals surface area contributed by atoms with Gasteiger partial charge < -0.3 is 9.88 Å². The molecule has 0 bridgehead atoms. The number of aryl methyl sites for hydroxylation is 3. The number of benzene rings is 1. The van der Waals surface area contributed by atoms with Crippen LogP contribution in [-0.2, 0) is 13.6 Å². The van der Waals surface area contributed by atoms with E-state index in [9.17, 15) is 4.39 Å². The summed E-state index contributed by atoms with van der Waals surface area (Å²) in [6, 6.07) is 8.21. The first-order valence-electron chi connectivity index (χ1n) is 9.96. The van der Waals surface area contributed by atoms with Gasteiger partial charge in [-0.1, -0.05) is 0 Å². The molecule has 30 heavy (non-hydrogen) atoms. The maximum atomic E-state index is 14.2. The Bertz CT molecular complexity index is 1230. The Hall–Kier alpha value is -3.41. The molecule has 0 spiro atoms. The third-order valence-electron chi connectivity index (χ3n) is 5.36. The van der Waals surface area contributed by atoms with Gasteiger partial charge in [-0.05, 0) is 74.2 Å². The number of pyridine rings is 1. The van der Waals surface area contributed by atoms with Gasteiger partial charge in [-0.25, -0.2) is 9.37 Å². The number of nitrogens with zero attached hydrogens (tertiary/aromatic N) is 4. The van der Waals surface area contributed by atoms with Crippen LogP contribution in [0.15, 0.2) is 60.5 Å². The van der Waals surface area contributed by atoms with Crippen molar-refractivity contribution in [1.29, 1.82) is 0 Å². The van der Waals surface area contributed by atoms with Gasteiger partial charge in [0.2, 0.25) is 0 Å². The maximum absolute atomic E-state index is 14.2. The fourth-order valence-corrected chi connectivity index (χ4v) is 3.68. The Labute approximate surface area is 175 Å². The van der Waals surface area contributed by atoms with Gasteiger partial charge in [-0.2, -0.15) is 5.10 Å². The molecule has 0 saturated carbocycles. The van der Waals surface area contributed by atoms with Crippen LogP contribution in [0.2, 0.25) is 0 Å². The molecule has 4 aromatic rings. The molecule has 0 aliphatic heterocycles. The Morgan fingerprint density at radius 2 is 1.83 bits per heavy atom. The highest BCUT2D eigenvalue weighted by Crippen LogP contribution is 2.32. The van der Waals surface area contributed by atoms with E-state index in [1.807, 2.05) is 42.3 Å². The summed E-state index contributed by atoms with van der Waals surface area (Å²) in [6.45, 7) is 7.98. The molecule has 1 aromatic carbocycles. The van der Waals surface area contributed by atoms with E-state index >= 15 is 0 Å². The minimum absolute atomic E-state index is 0.114. The predicted octanol–water partition coefficient (Wildman–Crippen LogP) is 6.06. The fraction of sp³-hybridized carbons (Fsp3) is 0.250. The zero-order valence-electron chi connectivity index (χ0n) is 18.0. The molecule has 1 N–H and O–H groups in total. The van der Waals surface area contributed by atoms with Crippen LogP contribution >= 0.6 is 0 Å². The van der Waals surface area contributed by atoms with Gasteiger partial charge in [0.15, 0.2) is 0 Å². The number of halogens is 1. The van der Waals surface area contributed by atoms with Crippen LogP contribution in [-0.4, -0.2) is 19.3 Å². The largest absolute Gasteiger partial charge is 0.341 e. The highest BCUT2D eigenvalue weighted by Gasteiger charge is 2.13. The van der Waals surface area contributed by atoms with E-state index in [-0.39, 0.29) is 12.4 Å². The Kier molecular flexibility index (Phi) is 5.16. The summed E-state index contributed by atoms with van der Waals surface area (Å²) in [4.78, 5) is 4.55. The summed E-state index contributed by atoms with van der Waals surface area (Å²) in [6.07, 6.45) is 7.55. The number of aromatic nitrogens is 4. The first-order chi connectivity index (χ1) is 14.3. The molecular formula is C24H26FN5. The minimum atomic E-state index is -0.114. The van der Waals surface area contributed by atoms with Gasteiger partial charge in [0.05, 0.1) is 18.3 Å². The molecule has 0 unspecified atom stereocenters. The molecule has 0 saturated heterocycles. The molecule has 3 aromatic heterocycles. The van der Waals surface area contributed by atoms with Crippen molar-refractivity contribution in [2.24, 2.45) is 7.05 Å². The molecule has 3 heterocycles. The average Bonchev–Trinajstić information content (AvgIpc) is 3.31. The summed E-state index contributed by atoms with van der Waals surface area (Å²) in [5.74, 6) is 0.653. The predicted molar refractivity (Wildman–Crippen MR) is 121 cm³/mol. The molecule has 0 amide bonds. The Balaban J connectivity index is 1.69. The van der Waals surface area contributed by atoms with E-state index in [0.717, 1.165) is 44.7 Å². The first-order valence-corrected chi connectivity index (χ1v) is 9.96. The number of hydrogen-bond donors (Lipinski definition) is 1. The lowest BCUT2D eigenvalue weighted by atomic mass is 10.0. The van der Waals surface area contributed by atoms with E-state index < -0.39 is 0 Å². The van der Waals surface area contributed by atoms with Gasteiger partial charge in [-0.15, -0.1) is 0 Å².